The zero-order chi connectivity index (χ0) is 21.1. The average molecular weight is 461 g/mol. The smallest absolute Gasteiger partial charge is 0.261 e. The molecule has 29 heavy (non-hydrogen) atoms. The molecule has 0 aliphatic carbocycles. The highest BCUT2D eigenvalue weighted by Gasteiger charge is 2.28. The summed E-state index contributed by atoms with van der Waals surface area (Å²) >= 11 is 3.38. The van der Waals surface area contributed by atoms with E-state index in [0.29, 0.717) is 25.3 Å². The van der Waals surface area contributed by atoms with Crippen LogP contribution in [0.1, 0.15) is 38.7 Å². The summed E-state index contributed by atoms with van der Waals surface area (Å²) in [5.41, 5.74) is 0.976. The van der Waals surface area contributed by atoms with E-state index in [4.69, 9.17) is 4.74 Å². The summed E-state index contributed by atoms with van der Waals surface area (Å²) in [5.74, 6) is 0.282. The van der Waals surface area contributed by atoms with E-state index in [1.807, 2.05) is 49.4 Å². The standard InChI is InChI=1S/C23H29BrN2O3/c1-3-5-15-25-23(28)21(4-2)26(16-18-9-7-6-8-10-18)22(27)17-29-20-13-11-19(24)12-14-20/h6-14,21H,3-5,15-17H2,1-2H3,(H,25,28)/t21-/m0/s1. The van der Waals surface area contributed by atoms with Gasteiger partial charge in [0.1, 0.15) is 11.8 Å². The van der Waals surface area contributed by atoms with E-state index >= 15 is 0 Å². The van der Waals surface area contributed by atoms with Crippen molar-refractivity contribution in [1.82, 2.24) is 10.2 Å². The second-order valence-corrected chi connectivity index (χ2v) is 7.73. The van der Waals surface area contributed by atoms with Crippen LogP contribution in [0.15, 0.2) is 59.1 Å². The number of unbranched alkanes of at least 4 members (excludes halogenated alkanes) is 1. The van der Waals surface area contributed by atoms with Crippen molar-refractivity contribution in [1.29, 1.82) is 0 Å². The fraction of sp³-hybridized carbons (Fsp3) is 0.391. The minimum atomic E-state index is -0.534. The van der Waals surface area contributed by atoms with E-state index in [0.717, 1.165) is 22.9 Å². The third-order valence-corrected chi connectivity index (χ3v) is 5.12. The van der Waals surface area contributed by atoms with Crippen molar-refractivity contribution in [3.63, 3.8) is 0 Å². The first kappa shape index (κ1) is 22.9. The molecule has 6 heteroatoms. The maximum Gasteiger partial charge on any atom is 0.261 e. The first-order valence-electron chi connectivity index (χ1n) is 10.0. The minimum absolute atomic E-state index is 0.117. The molecule has 0 heterocycles. The van der Waals surface area contributed by atoms with Gasteiger partial charge in [0.05, 0.1) is 0 Å². The molecule has 2 aromatic carbocycles. The lowest BCUT2D eigenvalue weighted by Crippen LogP contribution is -2.50. The second kappa shape index (κ2) is 12.3. The zero-order valence-electron chi connectivity index (χ0n) is 17.1. The fourth-order valence-corrected chi connectivity index (χ4v) is 3.23. The zero-order valence-corrected chi connectivity index (χ0v) is 18.7. The Bertz CT molecular complexity index is 765. The van der Waals surface area contributed by atoms with Gasteiger partial charge in [0.25, 0.3) is 5.91 Å². The number of nitrogens with one attached hydrogen (secondary N) is 1. The number of benzene rings is 2. The van der Waals surface area contributed by atoms with Crippen molar-refractivity contribution in [2.24, 2.45) is 0 Å². The summed E-state index contributed by atoms with van der Waals surface area (Å²) in [4.78, 5) is 27.4. The van der Waals surface area contributed by atoms with Crippen LogP contribution in [0.2, 0.25) is 0 Å². The van der Waals surface area contributed by atoms with Crippen LogP contribution in [-0.4, -0.2) is 35.9 Å². The van der Waals surface area contributed by atoms with E-state index in [-0.39, 0.29) is 18.4 Å². The molecule has 0 aliphatic rings. The highest BCUT2D eigenvalue weighted by molar-refractivity contribution is 9.10. The van der Waals surface area contributed by atoms with E-state index in [1.165, 1.54) is 0 Å². The molecule has 156 valence electrons. The molecule has 0 bridgehead atoms. The topological polar surface area (TPSA) is 58.6 Å². The van der Waals surface area contributed by atoms with Crippen molar-refractivity contribution < 1.29 is 14.3 Å². The van der Waals surface area contributed by atoms with E-state index < -0.39 is 6.04 Å². The summed E-state index contributed by atoms with van der Waals surface area (Å²) in [5, 5.41) is 2.96. The molecule has 2 aromatic rings. The Hall–Kier alpha value is -2.34. The van der Waals surface area contributed by atoms with Crippen molar-refractivity contribution >= 4 is 27.7 Å². The van der Waals surface area contributed by atoms with Gasteiger partial charge >= 0.3 is 0 Å². The molecular formula is C23H29BrN2O3. The molecule has 2 amide bonds. The summed E-state index contributed by atoms with van der Waals surface area (Å²) in [6.45, 7) is 4.87. The van der Waals surface area contributed by atoms with Gasteiger partial charge in [-0.3, -0.25) is 9.59 Å². The quantitative estimate of drug-likeness (QED) is 0.500. The number of amides is 2. The number of carbonyl (C=O) groups is 2. The van der Waals surface area contributed by atoms with Gasteiger partial charge in [-0.1, -0.05) is 66.5 Å². The maximum absolute atomic E-state index is 13.0. The Kier molecular flexibility index (Phi) is 9.71. The molecule has 2 rings (SSSR count). The number of nitrogens with zero attached hydrogens (tertiary/aromatic N) is 1. The number of rotatable bonds is 11. The molecule has 1 atom stereocenters. The first-order valence-corrected chi connectivity index (χ1v) is 10.8. The Morgan fingerprint density at radius 1 is 1.07 bits per heavy atom. The van der Waals surface area contributed by atoms with E-state index in [1.54, 1.807) is 17.0 Å². The number of halogens is 1. The van der Waals surface area contributed by atoms with Crippen LogP contribution in [0.3, 0.4) is 0 Å². The van der Waals surface area contributed by atoms with Crippen molar-refractivity contribution in [3.8, 4) is 5.75 Å². The fourth-order valence-electron chi connectivity index (χ4n) is 2.96. The van der Waals surface area contributed by atoms with Gasteiger partial charge in [-0.15, -0.1) is 0 Å². The molecule has 0 unspecified atom stereocenters. The van der Waals surface area contributed by atoms with Crippen molar-refractivity contribution in [2.45, 2.75) is 45.7 Å². The van der Waals surface area contributed by atoms with Gasteiger partial charge in [-0.25, -0.2) is 0 Å². The predicted octanol–water partition coefficient (Wildman–Crippen LogP) is 4.55. The monoisotopic (exact) mass is 460 g/mol. The average Bonchev–Trinajstić information content (AvgIpc) is 2.74. The molecule has 0 aromatic heterocycles. The summed E-state index contributed by atoms with van der Waals surface area (Å²) in [6.07, 6.45) is 2.46. The van der Waals surface area contributed by atoms with Crippen LogP contribution < -0.4 is 10.1 Å². The van der Waals surface area contributed by atoms with Gasteiger partial charge in [-0.05, 0) is 42.7 Å². The number of hydrogen-bond donors (Lipinski definition) is 1. The Labute approximate surface area is 181 Å². The van der Waals surface area contributed by atoms with E-state index in [2.05, 4.69) is 28.2 Å². The van der Waals surface area contributed by atoms with Crippen LogP contribution in [0.5, 0.6) is 5.75 Å². The van der Waals surface area contributed by atoms with Crippen molar-refractivity contribution in [2.75, 3.05) is 13.2 Å². The van der Waals surface area contributed by atoms with Crippen LogP contribution in [-0.2, 0) is 16.1 Å². The molecule has 0 radical (unpaired) electrons. The molecule has 0 saturated carbocycles. The Balaban J connectivity index is 2.12. The van der Waals surface area contributed by atoms with Gasteiger partial charge < -0.3 is 15.0 Å². The Morgan fingerprint density at radius 2 is 1.76 bits per heavy atom. The van der Waals surface area contributed by atoms with Gasteiger partial charge in [-0.2, -0.15) is 0 Å². The van der Waals surface area contributed by atoms with Crippen LogP contribution in [0.4, 0.5) is 0 Å². The molecular weight excluding hydrogens is 432 g/mol. The third kappa shape index (κ3) is 7.54. The molecule has 1 N–H and O–H groups in total. The maximum atomic E-state index is 13.0. The third-order valence-electron chi connectivity index (χ3n) is 4.59. The summed E-state index contributed by atoms with van der Waals surface area (Å²) in [6, 6.07) is 16.5. The van der Waals surface area contributed by atoms with Crippen molar-refractivity contribution in [3.05, 3.63) is 64.6 Å². The predicted molar refractivity (Wildman–Crippen MR) is 119 cm³/mol. The molecule has 0 fully saturated rings. The van der Waals surface area contributed by atoms with Gasteiger partial charge in [0.15, 0.2) is 6.61 Å². The normalized spacial score (nSPS) is 11.6. The molecule has 0 aliphatic heterocycles. The first-order chi connectivity index (χ1) is 14.0. The SMILES string of the molecule is CCCCNC(=O)[C@H](CC)N(Cc1ccccc1)C(=O)COc1ccc(Br)cc1. The lowest BCUT2D eigenvalue weighted by atomic mass is 10.1. The van der Waals surface area contributed by atoms with Crippen LogP contribution in [0.25, 0.3) is 0 Å². The summed E-state index contributed by atoms with van der Waals surface area (Å²) < 4.78 is 6.61. The lowest BCUT2D eigenvalue weighted by Gasteiger charge is -2.30. The minimum Gasteiger partial charge on any atom is -0.484 e. The van der Waals surface area contributed by atoms with Crippen LogP contribution in [0, 0.1) is 0 Å². The highest BCUT2D eigenvalue weighted by atomic mass is 79.9. The largest absolute Gasteiger partial charge is 0.484 e. The Morgan fingerprint density at radius 3 is 2.38 bits per heavy atom. The second-order valence-electron chi connectivity index (χ2n) is 6.82. The number of hydrogen-bond acceptors (Lipinski definition) is 3. The van der Waals surface area contributed by atoms with E-state index in [9.17, 15) is 9.59 Å². The van der Waals surface area contributed by atoms with Gasteiger partial charge in [0, 0.05) is 17.6 Å². The number of carbonyl (C=O) groups excluding carboxylic acids is 2. The van der Waals surface area contributed by atoms with Gasteiger partial charge in [0.2, 0.25) is 5.91 Å². The highest BCUT2D eigenvalue weighted by Crippen LogP contribution is 2.17. The van der Waals surface area contributed by atoms with Crippen LogP contribution >= 0.6 is 15.9 Å². The molecule has 0 spiro atoms. The lowest BCUT2D eigenvalue weighted by molar-refractivity contribution is -0.143. The number of ether oxygens (including phenoxy) is 1. The summed E-state index contributed by atoms with van der Waals surface area (Å²) in [7, 11) is 0. The molecule has 5 nitrogen and oxygen atoms in total. The molecule has 0 saturated heterocycles.